The Bertz CT molecular complexity index is 556. The van der Waals surface area contributed by atoms with Crippen LogP contribution in [0, 0.1) is 6.92 Å². The first kappa shape index (κ1) is 14.1. The third-order valence-electron chi connectivity index (χ3n) is 4.40. The Morgan fingerprint density at radius 2 is 1.95 bits per heavy atom. The quantitative estimate of drug-likeness (QED) is 0.863. The summed E-state index contributed by atoms with van der Waals surface area (Å²) in [5.41, 5.74) is 3.34. The van der Waals surface area contributed by atoms with E-state index in [1.807, 2.05) is 13.0 Å². The van der Waals surface area contributed by atoms with Crippen molar-refractivity contribution in [3.05, 3.63) is 35.4 Å². The summed E-state index contributed by atoms with van der Waals surface area (Å²) in [5.74, 6) is -0.908. The Hall–Kier alpha value is -1.81. The lowest BCUT2D eigenvalue weighted by Gasteiger charge is -2.36. The fourth-order valence-corrected chi connectivity index (χ4v) is 2.99. The molecule has 1 saturated heterocycles. The van der Waals surface area contributed by atoms with Gasteiger partial charge in [-0.3, -0.25) is 4.90 Å². The van der Waals surface area contributed by atoms with Gasteiger partial charge >= 0.3 is 5.97 Å². The van der Waals surface area contributed by atoms with E-state index < -0.39 is 5.97 Å². The van der Waals surface area contributed by atoms with Crippen LogP contribution in [0.3, 0.4) is 0 Å². The molecule has 0 aromatic heterocycles. The first-order valence-electron chi connectivity index (χ1n) is 7.64. The van der Waals surface area contributed by atoms with Gasteiger partial charge in [0.15, 0.2) is 0 Å². The number of aliphatic carboxylic acids is 1. The van der Waals surface area contributed by atoms with E-state index in [4.69, 9.17) is 5.11 Å². The Morgan fingerprint density at radius 3 is 2.52 bits per heavy atom. The third-order valence-corrected chi connectivity index (χ3v) is 4.40. The molecule has 4 heteroatoms. The predicted molar refractivity (Wildman–Crippen MR) is 84.7 cm³/mol. The second kappa shape index (κ2) is 5.90. The molecule has 4 nitrogen and oxygen atoms in total. The Kier molecular flexibility index (Phi) is 3.97. The second-order valence-electron chi connectivity index (χ2n) is 5.97. The highest BCUT2D eigenvalue weighted by Gasteiger charge is 2.31. The molecule has 2 fully saturated rings. The minimum absolute atomic E-state index is 0.859. The summed E-state index contributed by atoms with van der Waals surface area (Å²) in [5, 5.41) is 8.70. The van der Waals surface area contributed by atoms with E-state index in [-0.39, 0.29) is 0 Å². The number of rotatable bonds is 4. The van der Waals surface area contributed by atoms with Crippen LogP contribution in [0.4, 0.5) is 5.69 Å². The zero-order chi connectivity index (χ0) is 14.8. The highest BCUT2D eigenvalue weighted by atomic mass is 16.4. The first-order valence-corrected chi connectivity index (χ1v) is 7.64. The number of aryl methyl sites for hydroxylation is 1. The highest BCUT2D eigenvalue weighted by Crippen LogP contribution is 2.29. The van der Waals surface area contributed by atoms with Crippen molar-refractivity contribution >= 4 is 17.7 Å². The van der Waals surface area contributed by atoms with E-state index in [2.05, 4.69) is 21.9 Å². The zero-order valence-electron chi connectivity index (χ0n) is 12.5. The van der Waals surface area contributed by atoms with Crippen LogP contribution in [0.1, 0.15) is 24.0 Å². The highest BCUT2D eigenvalue weighted by molar-refractivity contribution is 5.85. The fourth-order valence-electron chi connectivity index (χ4n) is 2.99. The van der Waals surface area contributed by atoms with Crippen molar-refractivity contribution in [2.75, 3.05) is 31.1 Å². The molecule has 1 aromatic rings. The number of hydrogen-bond acceptors (Lipinski definition) is 3. The SMILES string of the molecule is Cc1cc(N2CCN(C3CC3)CC2)ccc1C=CC(=O)O. The second-order valence-corrected chi connectivity index (χ2v) is 5.97. The monoisotopic (exact) mass is 286 g/mol. The molecule has 1 N–H and O–H groups in total. The molecular weight excluding hydrogens is 264 g/mol. The van der Waals surface area contributed by atoms with Crippen LogP contribution in [-0.4, -0.2) is 48.2 Å². The summed E-state index contributed by atoms with van der Waals surface area (Å²) in [7, 11) is 0. The van der Waals surface area contributed by atoms with Gasteiger partial charge in [0, 0.05) is 44.0 Å². The summed E-state index contributed by atoms with van der Waals surface area (Å²) in [6.07, 6.45) is 5.61. The summed E-state index contributed by atoms with van der Waals surface area (Å²) in [4.78, 5) is 15.6. The van der Waals surface area contributed by atoms with E-state index in [0.29, 0.717) is 0 Å². The van der Waals surface area contributed by atoms with Gasteiger partial charge in [0.1, 0.15) is 0 Å². The molecule has 21 heavy (non-hydrogen) atoms. The van der Waals surface area contributed by atoms with Gasteiger partial charge in [0.2, 0.25) is 0 Å². The van der Waals surface area contributed by atoms with Crippen LogP contribution in [0.5, 0.6) is 0 Å². The van der Waals surface area contributed by atoms with Crippen molar-refractivity contribution in [1.82, 2.24) is 4.90 Å². The van der Waals surface area contributed by atoms with E-state index in [1.54, 1.807) is 6.08 Å². The smallest absolute Gasteiger partial charge is 0.328 e. The maximum absolute atomic E-state index is 10.6. The number of benzene rings is 1. The van der Waals surface area contributed by atoms with E-state index in [0.717, 1.165) is 43.3 Å². The van der Waals surface area contributed by atoms with Gasteiger partial charge in [0.05, 0.1) is 0 Å². The molecule has 2 aliphatic rings. The molecule has 1 aromatic carbocycles. The number of nitrogens with zero attached hydrogens (tertiary/aromatic N) is 2. The average molecular weight is 286 g/mol. The number of carboxylic acid groups (broad SMARTS) is 1. The molecule has 1 aliphatic carbocycles. The Morgan fingerprint density at radius 1 is 1.24 bits per heavy atom. The van der Waals surface area contributed by atoms with Crippen molar-refractivity contribution in [2.45, 2.75) is 25.8 Å². The Balaban J connectivity index is 1.66. The number of hydrogen-bond donors (Lipinski definition) is 1. The maximum Gasteiger partial charge on any atom is 0.328 e. The van der Waals surface area contributed by atoms with Crippen molar-refractivity contribution in [3.63, 3.8) is 0 Å². The van der Waals surface area contributed by atoms with Crippen LogP contribution in [0.15, 0.2) is 24.3 Å². The van der Waals surface area contributed by atoms with Crippen molar-refractivity contribution in [2.24, 2.45) is 0 Å². The van der Waals surface area contributed by atoms with E-state index >= 15 is 0 Å². The minimum atomic E-state index is -0.908. The summed E-state index contributed by atoms with van der Waals surface area (Å²) in [6.45, 7) is 6.51. The molecule has 3 rings (SSSR count). The molecule has 0 unspecified atom stereocenters. The van der Waals surface area contributed by atoms with Gasteiger partial charge in [-0.15, -0.1) is 0 Å². The minimum Gasteiger partial charge on any atom is -0.478 e. The van der Waals surface area contributed by atoms with Gasteiger partial charge in [-0.1, -0.05) is 6.07 Å². The molecule has 1 saturated carbocycles. The van der Waals surface area contributed by atoms with Crippen molar-refractivity contribution in [3.8, 4) is 0 Å². The van der Waals surface area contributed by atoms with Gasteiger partial charge in [-0.25, -0.2) is 4.79 Å². The van der Waals surface area contributed by atoms with Crippen LogP contribution in [0.2, 0.25) is 0 Å². The number of carbonyl (C=O) groups is 1. The molecule has 0 bridgehead atoms. The lowest BCUT2D eigenvalue weighted by Crippen LogP contribution is -2.47. The molecule has 0 amide bonds. The van der Waals surface area contributed by atoms with Crippen LogP contribution < -0.4 is 4.90 Å². The molecule has 1 heterocycles. The van der Waals surface area contributed by atoms with Gasteiger partial charge in [-0.2, -0.15) is 0 Å². The zero-order valence-corrected chi connectivity index (χ0v) is 12.5. The summed E-state index contributed by atoms with van der Waals surface area (Å²) < 4.78 is 0. The summed E-state index contributed by atoms with van der Waals surface area (Å²) in [6, 6.07) is 7.13. The lowest BCUT2D eigenvalue weighted by molar-refractivity contribution is -0.131. The normalized spacial score (nSPS) is 20.1. The van der Waals surface area contributed by atoms with Gasteiger partial charge in [-0.05, 0) is 49.1 Å². The Labute approximate surface area is 125 Å². The standard InChI is InChI=1S/C17H22N2O2/c1-13-12-16(4-2-14(13)3-7-17(20)21)19-10-8-18(9-11-19)15-5-6-15/h2-4,7,12,15H,5-6,8-11H2,1H3,(H,20,21). The number of piperazine rings is 1. The van der Waals surface area contributed by atoms with E-state index in [1.165, 1.54) is 24.6 Å². The fraction of sp³-hybridized carbons (Fsp3) is 0.471. The largest absolute Gasteiger partial charge is 0.478 e. The van der Waals surface area contributed by atoms with Gasteiger partial charge in [0.25, 0.3) is 0 Å². The first-order chi connectivity index (χ1) is 10.1. The van der Waals surface area contributed by atoms with Crippen LogP contribution >= 0.6 is 0 Å². The van der Waals surface area contributed by atoms with Crippen molar-refractivity contribution in [1.29, 1.82) is 0 Å². The molecule has 0 atom stereocenters. The van der Waals surface area contributed by atoms with Crippen LogP contribution in [-0.2, 0) is 4.79 Å². The summed E-state index contributed by atoms with van der Waals surface area (Å²) >= 11 is 0. The topological polar surface area (TPSA) is 43.8 Å². The van der Waals surface area contributed by atoms with E-state index in [9.17, 15) is 4.79 Å². The van der Waals surface area contributed by atoms with Crippen molar-refractivity contribution < 1.29 is 9.90 Å². The lowest BCUT2D eigenvalue weighted by atomic mass is 10.1. The average Bonchev–Trinajstić information content (AvgIpc) is 3.30. The number of anilines is 1. The molecule has 1 aliphatic heterocycles. The molecule has 112 valence electrons. The number of carboxylic acids is 1. The van der Waals surface area contributed by atoms with Gasteiger partial charge < -0.3 is 10.0 Å². The molecule has 0 radical (unpaired) electrons. The maximum atomic E-state index is 10.6. The predicted octanol–water partition coefficient (Wildman–Crippen LogP) is 2.38. The van der Waals surface area contributed by atoms with Crippen LogP contribution in [0.25, 0.3) is 6.08 Å². The molecule has 0 spiro atoms. The molecular formula is C17H22N2O2. The third kappa shape index (κ3) is 3.45.